The van der Waals surface area contributed by atoms with Gasteiger partial charge in [0, 0.05) is 48.6 Å². The quantitative estimate of drug-likeness (QED) is 0.584. The molecule has 1 unspecified atom stereocenters. The number of pyridine rings is 1. The lowest BCUT2D eigenvalue weighted by Gasteiger charge is -2.32. The summed E-state index contributed by atoms with van der Waals surface area (Å²) in [5, 5.41) is 3.94. The summed E-state index contributed by atoms with van der Waals surface area (Å²) in [5.41, 5.74) is 7.92. The van der Waals surface area contributed by atoms with Crippen LogP contribution in [0.5, 0.6) is 0 Å². The molecule has 33 heavy (non-hydrogen) atoms. The Bertz CT molecular complexity index is 1140. The lowest BCUT2D eigenvalue weighted by atomic mass is 9.94. The summed E-state index contributed by atoms with van der Waals surface area (Å²) in [6, 6.07) is 18.7. The molecule has 1 aromatic heterocycles. The molecule has 0 bridgehead atoms. The molecule has 1 saturated heterocycles. The zero-order valence-electron chi connectivity index (χ0n) is 18.4. The SMILES string of the molecule is NC(=O)CC(Cc1ccccc1)NC(=O)C1CCN(C(=O)c2ccc3ncccc3c2)CC1. The topological polar surface area (TPSA) is 105 Å². The van der Waals surface area contributed by atoms with Crippen LogP contribution in [0.4, 0.5) is 0 Å². The minimum absolute atomic E-state index is 0.0321. The minimum atomic E-state index is -0.442. The first-order valence-electron chi connectivity index (χ1n) is 11.3. The summed E-state index contributed by atoms with van der Waals surface area (Å²) in [4.78, 5) is 43.5. The summed E-state index contributed by atoms with van der Waals surface area (Å²) in [7, 11) is 0. The van der Waals surface area contributed by atoms with Crippen LogP contribution in [0.3, 0.4) is 0 Å². The Morgan fingerprint density at radius 2 is 1.79 bits per heavy atom. The average molecular weight is 445 g/mol. The largest absolute Gasteiger partial charge is 0.370 e. The van der Waals surface area contributed by atoms with Crippen LogP contribution in [-0.4, -0.2) is 46.7 Å². The summed E-state index contributed by atoms with van der Waals surface area (Å²) in [6.45, 7) is 1.03. The van der Waals surface area contributed by atoms with E-state index in [-0.39, 0.29) is 30.2 Å². The first-order chi connectivity index (χ1) is 16.0. The van der Waals surface area contributed by atoms with Crippen molar-refractivity contribution in [2.45, 2.75) is 31.7 Å². The van der Waals surface area contributed by atoms with Crippen LogP contribution >= 0.6 is 0 Å². The third-order valence-corrected chi connectivity index (χ3v) is 6.12. The second-order valence-corrected chi connectivity index (χ2v) is 8.54. The normalized spacial score (nSPS) is 15.2. The highest BCUT2D eigenvalue weighted by molar-refractivity contribution is 5.98. The molecule has 3 aromatic rings. The predicted octanol–water partition coefficient (Wildman–Crippen LogP) is 2.69. The molecule has 7 heteroatoms. The lowest BCUT2D eigenvalue weighted by molar-refractivity contribution is -0.127. The molecular formula is C26H28N4O3. The molecule has 3 N–H and O–H groups in total. The molecule has 1 aliphatic heterocycles. The van der Waals surface area contributed by atoms with Crippen molar-refractivity contribution in [3.63, 3.8) is 0 Å². The number of nitrogens with zero attached hydrogens (tertiary/aromatic N) is 2. The molecule has 1 fully saturated rings. The number of likely N-dealkylation sites (tertiary alicyclic amines) is 1. The molecule has 2 heterocycles. The van der Waals surface area contributed by atoms with Gasteiger partial charge in [-0.15, -0.1) is 0 Å². The van der Waals surface area contributed by atoms with Crippen molar-refractivity contribution in [1.82, 2.24) is 15.2 Å². The molecule has 3 amide bonds. The van der Waals surface area contributed by atoms with Gasteiger partial charge in [-0.05, 0) is 49.1 Å². The number of primary amides is 1. The fourth-order valence-electron chi connectivity index (χ4n) is 4.37. The number of carbonyl (C=O) groups excluding carboxylic acids is 3. The molecule has 0 aliphatic carbocycles. The third-order valence-electron chi connectivity index (χ3n) is 6.12. The van der Waals surface area contributed by atoms with Gasteiger partial charge < -0.3 is 16.0 Å². The van der Waals surface area contributed by atoms with Crippen molar-refractivity contribution in [1.29, 1.82) is 0 Å². The first-order valence-corrected chi connectivity index (χ1v) is 11.3. The van der Waals surface area contributed by atoms with Gasteiger partial charge in [-0.25, -0.2) is 0 Å². The standard InChI is InChI=1S/C26H28N4O3/c27-24(31)17-22(15-18-5-2-1-3-6-18)29-25(32)19-10-13-30(14-11-19)26(33)21-8-9-23-20(16-21)7-4-12-28-23/h1-9,12,16,19,22H,10-11,13-15,17H2,(H2,27,31)(H,29,32). The summed E-state index contributed by atoms with van der Waals surface area (Å²) >= 11 is 0. The van der Waals surface area contributed by atoms with Gasteiger partial charge >= 0.3 is 0 Å². The van der Waals surface area contributed by atoms with Gasteiger partial charge in [0.25, 0.3) is 5.91 Å². The number of aromatic nitrogens is 1. The maximum atomic E-state index is 13.0. The van der Waals surface area contributed by atoms with Gasteiger partial charge in [0.2, 0.25) is 11.8 Å². The molecule has 1 atom stereocenters. The zero-order valence-corrected chi connectivity index (χ0v) is 18.4. The number of nitrogens with one attached hydrogen (secondary N) is 1. The predicted molar refractivity (Wildman–Crippen MR) is 126 cm³/mol. The zero-order chi connectivity index (χ0) is 23.2. The fourth-order valence-corrected chi connectivity index (χ4v) is 4.37. The van der Waals surface area contributed by atoms with E-state index in [1.807, 2.05) is 54.6 Å². The van der Waals surface area contributed by atoms with Crippen LogP contribution in [0.25, 0.3) is 10.9 Å². The van der Waals surface area contributed by atoms with E-state index in [4.69, 9.17) is 5.73 Å². The van der Waals surface area contributed by atoms with Gasteiger partial charge in [-0.1, -0.05) is 36.4 Å². The molecule has 170 valence electrons. The van der Waals surface area contributed by atoms with E-state index >= 15 is 0 Å². The van der Waals surface area contributed by atoms with Gasteiger partial charge in [0.05, 0.1) is 5.52 Å². The van der Waals surface area contributed by atoms with Gasteiger partial charge in [-0.2, -0.15) is 0 Å². The van der Waals surface area contributed by atoms with E-state index in [0.29, 0.717) is 37.9 Å². The van der Waals surface area contributed by atoms with Gasteiger partial charge in [0.15, 0.2) is 0 Å². The number of fused-ring (bicyclic) bond motifs is 1. The molecule has 4 rings (SSSR count). The van der Waals surface area contributed by atoms with Crippen molar-refractivity contribution in [2.75, 3.05) is 13.1 Å². The summed E-state index contributed by atoms with van der Waals surface area (Å²) in [6.07, 6.45) is 3.54. The first kappa shape index (κ1) is 22.5. The van der Waals surface area contributed by atoms with E-state index in [0.717, 1.165) is 16.5 Å². The van der Waals surface area contributed by atoms with Crippen LogP contribution in [0, 0.1) is 5.92 Å². The second-order valence-electron chi connectivity index (χ2n) is 8.54. The van der Waals surface area contributed by atoms with Gasteiger partial charge in [-0.3, -0.25) is 19.4 Å². The number of piperidine rings is 1. The summed E-state index contributed by atoms with van der Waals surface area (Å²) < 4.78 is 0. The molecule has 1 aliphatic rings. The number of nitrogens with two attached hydrogens (primary N) is 1. The lowest BCUT2D eigenvalue weighted by Crippen LogP contribution is -2.46. The van der Waals surface area contributed by atoms with Gasteiger partial charge in [0.1, 0.15) is 0 Å². The van der Waals surface area contributed by atoms with Crippen LogP contribution in [0.1, 0.15) is 35.2 Å². The van der Waals surface area contributed by atoms with Crippen LogP contribution in [0.2, 0.25) is 0 Å². The van der Waals surface area contributed by atoms with Crippen molar-refractivity contribution in [2.24, 2.45) is 11.7 Å². The molecular weight excluding hydrogens is 416 g/mol. The van der Waals surface area contributed by atoms with Crippen molar-refractivity contribution in [3.05, 3.63) is 78.0 Å². The Morgan fingerprint density at radius 1 is 1.03 bits per heavy atom. The highest BCUT2D eigenvalue weighted by atomic mass is 16.2. The Balaban J connectivity index is 1.34. The number of amides is 3. The number of benzene rings is 2. The van der Waals surface area contributed by atoms with Crippen molar-refractivity contribution in [3.8, 4) is 0 Å². The summed E-state index contributed by atoms with van der Waals surface area (Å²) in [5.74, 6) is -0.750. The third kappa shape index (κ3) is 5.74. The van der Waals surface area contributed by atoms with Crippen molar-refractivity contribution >= 4 is 28.6 Å². The Kier molecular flexibility index (Phi) is 6.98. The van der Waals surface area contributed by atoms with E-state index < -0.39 is 5.91 Å². The molecule has 0 radical (unpaired) electrons. The van der Waals surface area contributed by atoms with E-state index in [9.17, 15) is 14.4 Å². The maximum absolute atomic E-state index is 13.0. The number of rotatable bonds is 7. The highest BCUT2D eigenvalue weighted by Gasteiger charge is 2.29. The van der Waals surface area contributed by atoms with E-state index in [1.165, 1.54) is 0 Å². The average Bonchev–Trinajstić information content (AvgIpc) is 2.83. The van der Waals surface area contributed by atoms with Crippen LogP contribution in [-0.2, 0) is 16.0 Å². The Hall–Kier alpha value is -3.74. The van der Waals surface area contributed by atoms with E-state index in [2.05, 4.69) is 10.3 Å². The molecule has 0 saturated carbocycles. The molecule has 2 aromatic carbocycles. The van der Waals surface area contributed by atoms with Crippen LogP contribution < -0.4 is 11.1 Å². The fraction of sp³-hybridized carbons (Fsp3) is 0.308. The Labute approximate surface area is 193 Å². The molecule has 7 nitrogen and oxygen atoms in total. The van der Waals surface area contributed by atoms with Crippen molar-refractivity contribution < 1.29 is 14.4 Å². The number of hydrogen-bond donors (Lipinski definition) is 2. The smallest absolute Gasteiger partial charge is 0.253 e. The number of hydrogen-bond acceptors (Lipinski definition) is 4. The Morgan fingerprint density at radius 3 is 2.52 bits per heavy atom. The maximum Gasteiger partial charge on any atom is 0.253 e. The molecule has 0 spiro atoms. The second kappa shape index (κ2) is 10.3. The monoisotopic (exact) mass is 444 g/mol. The minimum Gasteiger partial charge on any atom is -0.370 e. The number of carbonyl (C=O) groups is 3. The highest BCUT2D eigenvalue weighted by Crippen LogP contribution is 2.21. The van der Waals surface area contributed by atoms with Crippen LogP contribution in [0.15, 0.2) is 66.9 Å². The van der Waals surface area contributed by atoms with E-state index in [1.54, 1.807) is 17.2 Å².